The first-order valence-corrected chi connectivity index (χ1v) is 14.3. The van der Waals surface area contributed by atoms with Crippen molar-refractivity contribution in [1.29, 1.82) is 0 Å². The van der Waals surface area contributed by atoms with Crippen molar-refractivity contribution in [3.8, 4) is 0 Å². The number of amides is 1. The Bertz CT molecular complexity index is 792. The van der Waals surface area contributed by atoms with Gasteiger partial charge in [0.2, 0.25) is 5.91 Å². The predicted molar refractivity (Wildman–Crippen MR) is 142 cm³/mol. The topological polar surface area (TPSA) is 112 Å². The van der Waals surface area contributed by atoms with Crippen molar-refractivity contribution in [2.24, 2.45) is 0 Å². The van der Waals surface area contributed by atoms with Gasteiger partial charge in [-0.3, -0.25) is 4.79 Å². The number of fused-ring (bicyclic) bond motifs is 1. The standard InChI is InChI=1S/C25H44N6O4S/c1-19(2)21-17-31(30-29-21)10-12-34-14-16-35-15-13-33-11-9-26-24(32)8-6-4-5-7-23-25-22(18-36-23)27-20(3)28-25/h17,19,22-23,25,27-28H,3-16,18H2,1-2H3,(H,26,32)/t22-,23?,25-/m0/s1. The summed E-state index contributed by atoms with van der Waals surface area (Å²) in [5.41, 5.74) is 0.993. The van der Waals surface area contributed by atoms with Crippen LogP contribution < -0.4 is 16.0 Å². The zero-order valence-corrected chi connectivity index (χ0v) is 22.7. The number of nitrogens with zero attached hydrogens (tertiary/aromatic N) is 3. The normalized spacial score (nSPS) is 21.0. The predicted octanol–water partition coefficient (Wildman–Crippen LogP) is 2.03. The number of carbonyl (C=O) groups is 1. The van der Waals surface area contributed by atoms with Crippen molar-refractivity contribution in [2.75, 3.05) is 51.9 Å². The molecule has 2 aliphatic rings. The second kappa shape index (κ2) is 16.1. The van der Waals surface area contributed by atoms with E-state index in [0.717, 1.165) is 36.5 Å². The molecule has 1 aromatic heterocycles. The lowest BCUT2D eigenvalue weighted by Gasteiger charge is -2.17. The van der Waals surface area contributed by atoms with Gasteiger partial charge in [0.15, 0.2) is 0 Å². The second-order valence-corrected chi connectivity index (χ2v) is 10.9. The summed E-state index contributed by atoms with van der Waals surface area (Å²) in [6, 6.07) is 1.04. The van der Waals surface area contributed by atoms with Crippen molar-refractivity contribution in [2.45, 2.75) is 75.7 Å². The van der Waals surface area contributed by atoms with E-state index < -0.39 is 0 Å². The third kappa shape index (κ3) is 10.3. The molecule has 2 saturated heterocycles. The largest absolute Gasteiger partial charge is 0.377 e. The molecule has 1 unspecified atom stereocenters. The van der Waals surface area contributed by atoms with Crippen LogP contribution in [-0.2, 0) is 25.5 Å². The van der Waals surface area contributed by atoms with Gasteiger partial charge in [-0.25, -0.2) is 4.68 Å². The van der Waals surface area contributed by atoms with E-state index in [1.807, 2.05) is 18.0 Å². The van der Waals surface area contributed by atoms with Gasteiger partial charge in [0.25, 0.3) is 0 Å². The molecule has 2 fully saturated rings. The molecule has 11 heteroatoms. The lowest BCUT2D eigenvalue weighted by Crippen LogP contribution is -2.36. The summed E-state index contributed by atoms with van der Waals surface area (Å²) >= 11 is 2.05. The quantitative estimate of drug-likeness (QED) is 0.234. The Balaban J connectivity index is 1.03. The molecule has 10 nitrogen and oxygen atoms in total. The first-order valence-electron chi connectivity index (χ1n) is 13.3. The van der Waals surface area contributed by atoms with E-state index in [1.54, 1.807) is 4.68 Å². The lowest BCUT2D eigenvalue weighted by atomic mass is 10.0. The van der Waals surface area contributed by atoms with Gasteiger partial charge in [-0.1, -0.05) is 38.5 Å². The summed E-state index contributed by atoms with van der Waals surface area (Å²) in [5, 5.41) is 18.7. The fourth-order valence-corrected chi connectivity index (χ4v) is 5.84. The molecule has 3 N–H and O–H groups in total. The smallest absolute Gasteiger partial charge is 0.220 e. The van der Waals surface area contributed by atoms with Crippen LogP contribution in [0.2, 0.25) is 0 Å². The van der Waals surface area contributed by atoms with E-state index in [0.29, 0.717) is 82.4 Å². The molecule has 0 aromatic carbocycles. The third-order valence-electron chi connectivity index (χ3n) is 6.34. The maximum atomic E-state index is 12.0. The number of hydrogen-bond acceptors (Lipinski definition) is 9. The van der Waals surface area contributed by atoms with Crippen LogP contribution in [-0.4, -0.2) is 90.2 Å². The number of rotatable bonds is 19. The van der Waals surface area contributed by atoms with Crippen LogP contribution in [0.25, 0.3) is 0 Å². The van der Waals surface area contributed by atoms with Crippen LogP contribution in [0.1, 0.15) is 57.6 Å². The summed E-state index contributed by atoms with van der Waals surface area (Å²) < 4.78 is 18.4. The van der Waals surface area contributed by atoms with Gasteiger partial charge in [-0.05, 0) is 18.8 Å². The summed E-state index contributed by atoms with van der Waals surface area (Å²) in [5.74, 6) is 2.60. The van der Waals surface area contributed by atoms with Crippen molar-refractivity contribution >= 4 is 17.7 Å². The van der Waals surface area contributed by atoms with E-state index in [-0.39, 0.29) is 5.91 Å². The van der Waals surface area contributed by atoms with Crippen LogP contribution in [0.4, 0.5) is 0 Å². The molecule has 0 saturated carbocycles. The van der Waals surface area contributed by atoms with Gasteiger partial charge in [0.1, 0.15) is 0 Å². The molecular weight excluding hydrogens is 480 g/mol. The van der Waals surface area contributed by atoms with Gasteiger partial charge >= 0.3 is 0 Å². The van der Waals surface area contributed by atoms with E-state index in [2.05, 4.69) is 46.7 Å². The molecule has 1 aromatic rings. The summed E-state index contributed by atoms with van der Waals surface area (Å²) in [6.07, 6.45) is 6.92. The highest BCUT2D eigenvalue weighted by atomic mass is 32.2. The molecule has 3 rings (SSSR count). The van der Waals surface area contributed by atoms with Gasteiger partial charge in [-0.2, -0.15) is 11.8 Å². The molecule has 1 amide bonds. The maximum absolute atomic E-state index is 12.0. The number of carbonyl (C=O) groups excluding carboxylic acids is 1. The Labute approximate surface area is 219 Å². The SMILES string of the molecule is C=C1N[C@H]2CSC(CCCCCC(=O)NCCOCCOCCOCCn3cc(C(C)C)nn3)[C@H]2N1. The van der Waals surface area contributed by atoms with Gasteiger partial charge in [0, 0.05) is 30.2 Å². The van der Waals surface area contributed by atoms with Crippen molar-refractivity contribution in [3.05, 3.63) is 24.3 Å². The molecule has 204 valence electrons. The fraction of sp³-hybridized carbons (Fsp3) is 0.800. The van der Waals surface area contributed by atoms with Crippen molar-refractivity contribution < 1.29 is 19.0 Å². The molecule has 0 bridgehead atoms. The highest BCUT2D eigenvalue weighted by Gasteiger charge is 2.40. The molecule has 3 heterocycles. The Morgan fingerprint density at radius 2 is 1.89 bits per heavy atom. The van der Waals surface area contributed by atoms with Crippen LogP contribution in [0, 0.1) is 0 Å². The molecule has 0 aliphatic carbocycles. The lowest BCUT2D eigenvalue weighted by molar-refractivity contribution is -0.121. The minimum absolute atomic E-state index is 0.103. The molecule has 36 heavy (non-hydrogen) atoms. The van der Waals surface area contributed by atoms with E-state index >= 15 is 0 Å². The van der Waals surface area contributed by atoms with Crippen LogP contribution in [0.3, 0.4) is 0 Å². The van der Waals surface area contributed by atoms with Gasteiger partial charge in [-0.15, -0.1) is 5.10 Å². The molecule has 3 atom stereocenters. The maximum Gasteiger partial charge on any atom is 0.220 e. The minimum atomic E-state index is 0.103. The Kier molecular flexibility index (Phi) is 12.9. The number of hydrogen-bond donors (Lipinski definition) is 3. The molecular formula is C25H44N6O4S. The van der Waals surface area contributed by atoms with Crippen LogP contribution >= 0.6 is 11.8 Å². The Morgan fingerprint density at radius 1 is 1.14 bits per heavy atom. The first-order chi connectivity index (χ1) is 17.5. The van der Waals surface area contributed by atoms with E-state index in [9.17, 15) is 4.79 Å². The average molecular weight is 525 g/mol. The zero-order chi connectivity index (χ0) is 25.6. The van der Waals surface area contributed by atoms with Gasteiger partial charge in [0.05, 0.1) is 69.8 Å². The monoisotopic (exact) mass is 524 g/mol. The number of ether oxygens (including phenoxy) is 3. The Morgan fingerprint density at radius 3 is 2.64 bits per heavy atom. The first kappa shape index (κ1) is 28.7. The average Bonchev–Trinajstić information content (AvgIpc) is 3.56. The van der Waals surface area contributed by atoms with E-state index in [1.165, 1.54) is 6.42 Å². The third-order valence-corrected chi connectivity index (χ3v) is 7.85. The summed E-state index contributed by atoms with van der Waals surface area (Å²) in [4.78, 5) is 12.0. The highest BCUT2D eigenvalue weighted by Crippen LogP contribution is 2.34. The van der Waals surface area contributed by atoms with E-state index in [4.69, 9.17) is 14.2 Å². The second-order valence-electron chi connectivity index (χ2n) is 9.62. The molecule has 0 radical (unpaired) electrons. The van der Waals surface area contributed by atoms with Crippen molar-refractivity contribution in [3.63, 3.8) is 0 Å². The number of thioether (sulfide) groups is 1. The summed E-state index contributed by atoms with van der Waals surface area (Å²) in [6.45, 7) is 12.5. The Hall–Kier alpha value is -1.82. The number of unbranched alkanes of at least 4 members (excludes halogenated alkanes) is 2. The van der Waals surface area contributed by atoms with Gasteiger partial charge < -0.3 is 30.2 Å². The number of aromatic nitrogens is 3. The summed E-state index contributed by atoms with van der Waals surface area (Å²) in [7, 11) is 0. The molecule has 2 aliphatic heterocycles. The van der Waals surface area contributed by atoms with Crippen molar-refractivity contribution in [1.82, 2.24) is 30.9 Å². The van der Waals surface area contributed by atoms with Crippen LogP contribution in [0.15, 0.2) is 18.6 Å². The highest BCUT2D eigenvalue weighted by molar-refractivity contribution is 8.00. The van der Waals surface area contributed by atoms with Crippen LogP contribution in [0.5, 0.6) is 0 Å². The zero-order valence-electron chi connectivity index (χ0n) is 21.9. The number of nitrogens with one attached hydrogen (secondary N) is 3. The minimum Gasteiger partial charge on any atom is -0.377 e. The fourth-order valence-electron chi connectivity index (χ4n) is 4.29. The molecule has 0 spiro atoms.